The van der Waals surface area contributed by atoms with Crippen molar-refractivity contribution >= 4 is 0 Å². The fourth-order valence-electron chi connectivity index (χ4n) is 1.04. The van der Waals surface area contributed by atoms with Crippen molar-refractivity contribution in [1.82, 2.24) is 9.88 Å². The first-order valence-electron chi connectivity index (χ1n) is 4.37. The van der Waals surface area contributed by atoms with Gasteiger partial charge < -0.3 is 4.57 Å². The molecular weight excluding hydrogens is 160 g/mol. The van der Waals surface area contributed by atoms with Gasteiger partial charge in [-0.3, -0.25) is 5.32 Å². The second-order valence-electron chi connectivity index (χ2n) is 3.81. The van der Waals surface area contributed by atoms with Crippen LogP contribution in [0.3, 0.4) is 0 Å². The van der Waals surface area contributed by atoms with Crippen LogP contribution in [0.25, 0.3) is 0 Å². The summed E-state index contributed by atoms with van der Waals surface area (Å²) < 4.78 is 2.03. The van der Waals surface area contributed by atoms with Gasteiger partial charge in [-0.15, -0.1) is 6.42 Å². The molecule has 0 saturated heterocycles. The molecule has 1 aromatic rings. The number of aryl methyl sites for hydroxylation is 1. The lowest BCUT2D eigenvalue weighted by molar-refractivity contribution is 0.491. The topological polar surface area (TPSA) is 17.0 Å². The molecule has 0 atom stereocenters. The van der Waals surface area contributed by atoms with Gasteiger partial charge in [0, 0.05) is 26.0 Å². The van der Waals surface area contributed by atoms with Crippen LogP contribution in [0, 0.1) is 12.3 Å². The average Bonchev–Trinajstić information content (AvgIpc) is 2.48. The summed E-state index contributed by atoms with van der Waals surface area (Å²) in [5.41, 5.74) is 1.03. The maximum absolute atomic E-state index is 5.36. The number of terminal acetylenes is 1. The van der Waals surface area contributed by atoms with E-state index in [9.17, 15) is 0 Å². The minimum atomic E-state index is -0.226. The lowest BCUT2D eigenvalue weighted by Crippen LogP contribution is -2.36. The molecule has 13 heavy (non-hydrogen) atoms. The van der Waals surface area contributed by atoms with Crippen molar-refractivity contribution in [2.45, 2.75) is 25.9 Å². The Morgan fingerprint density at radius 2 is 2.31 bits per heavy atom. The number of nitrogens with zero attached hydrogens (tertiary/aromatic N) is 1. The van der Waals surface area contributed by atoms with Gasteiger partial charge in [0.05, 0.1) is 5.54 Å². The number of rotatable bonds is 3. The maximum Gasteiger partial charge on any atom is 0.0743 e. The number of hydrogen-bond acceptors (Lipinski definition) is 1. The van der Waals surface area contributed by atoms with Gasteiger partial charge in [-0.25, -0.2) is 0 Å². The molecule has 1 rings (SSSR count). The molecule has 2 heteroatoms. The predicted octanol–water partition coefficient (Wildman–Crippen LogP) is 1.53. The highest BCUT2D eigenvalue weighted by atomic mass is 15.0. The molecule has 0 aromatic carbocycles. The van der Waals surface area contributed by atoms with Crippen LogP contribution in [0.5, 0.6) is 0 Å². The molecule has 0 bridgehead atoms. The highest BCUT2D eigenvalue weighted by Crippen LogP contribution is 2.04. The monoisotopic (exact) mass is 176 g/mol. The highest BCUT2D eigenvalue weighted by molar-refractivity contribution is 5.13. The van der Waals surface area contributed by atoms with E-state index in [-0.39, 0.29) is 5.54 Å². The first-order chi connectivity index (χ1) is 6.03. The molecule has 0 unspecified atom stereocenters. The zero-order valence-electron chi connectivity index (χ0n) is 8.46. The van der Waals surface area contributed by atoms with Crippen molar-refractivity contribution in [3.8, 4) is 12.3 Å². The van der Waals surface area contributed by atoms with Crippen LogP contribution in [0.15, 0.2) is 18.5 Å². The minimum Gasteiger partial charge on any atom is -0.357 e. The van der Waals surface area contributed by atoms with E-state index in [2.05, 4.69) is 23.5 Å². The zero-order chi connectivity index (χ0) is 9.90. The normalized spacial score (nSPS) is 11.2. The second kappa shape index (κ2) is 3.68. The molecule has 0 aliphatic rings. The average molecular weight is 176 g/mol. The predicted molar refractivity (Wildman–Crippen MR) is 55.2 cm³/mol. The fourth-order valence-corrected chi connectivity index (χ4v) is 1.04. The Morgan fingerprint density at radius 1 is 1.62 bits per heavy atom. The van der Waals surface area contributed by atoms with Crippen molar-refractivity contribution in [3.63, 3.8) is 0 Å². The van der Waals surface area contributed by atoms with Crippen molar-refractivity contribution < 1.29 is 0 Å². The highest BCUT2D eigenvalue weighted by Gasteiger charge is 2.11. The lowest BCUT2D eigenvalue weighted by atomic mass is 10.1. The summed E-state index contributed by atoms with van der Waals surface area (Å²) in [6.45, 7) is 4.81. The molecule has 0 spiro atoms. The van der Waals surface area contributed by atoms with E-state index in [1.807, 2.05) is 31.7 Å². The molecule has 0 amide bonds. The van der Waals surface area contributed by atoms with E-state index in [1.165, 1.54) is 5.56 Å². The molecule has 70 valence electrons. The van der Waals surface area contributed by atoms with Gasteiger partial charge in [0.1, 0.15) is 0 Å². The van der Waals surface area contributed by atoms with Gasteiger partial charge in [0.2, 0.25) is 0 Å². The number of aromatic nitrogens is 1. The summed E-state index contributed by atoms with van der Waals surface area (Å²) >= 11 is 0. The van der Waals surface area contributed by atoms with Crippen molar-refractivity contribution in [2.24, 2.45) is 7.05 Å². The number of hydrogen-bond donors (Lipinski definition) is 1. The van der Waals surface area contributed by atoms with Gasteiger partial charge in [-0.1, -0.05) is 5.92 Å². The molecule has 0 fully saturated rings. The Balaban J connectivity index is 2.49. The Hall–Kier alpha value is -1.20. The molecular formula is C11H16N2. The van der Waals surface area contributed by atoms with Crippen LogP contribution >= 0.6 is 0 Å². The summed E-state index contributed by atoms with van der Waals surface area (Å²) in [6, 6.07) is 2.08. The molecule has 0 radical (unpaired) electrons. The Morgan fingerprint density at radius 3 is 2.77 bits per heavy atom. The van der Waals surface area contributed by atoms with E-state index in [0.717, 1.165) is 6.54 Å². The van der Waals surface area contributed by atoms with Crippen LogP contribution in [0.2, 0.25) is 0 Å². The third-order valence-electron chi connectivity index (χ3n) is 1.99. The Labute approximate surface area is 80.0 Å². The molecule has 1 N–H and O–H groups in total. The third kappa shape index (κ3) is 2.96. The molecule has 1 aromatic heterocycles. The second-order valence-corrected chi connectivity index (χ2v) is 3.81. The van der Waals surface area contributed by atoms with Crippen molar-refractivity contribution in [3.05, 3.63) is 24.0 Å². The molecule has 0 aliphatic carbocycles. The first-order valence-corrected chi connectivity index (χ1v) is 4.37. The smallest absolute Gasteiger partial charge is 0.0743 e. The molecule has 0 saturated carbocycles. The largest absolute Gasteiger partial charge is 0.357 e. The van der Waals surface area contributed by atoms with Crippen molar-refractivity contribution in [2.75, 3.05) is 0 Å². The van der Waals surface area contributed by atoms with Gasteiger partial charge in [0.15, 0.2) is 0 Å². The van der Waals surface area contributed by atoms with E-state index in [0.29, 0.717) is 0 Å². The summed E-state index contributed by atoms with van der Waals surface area (Å²) in [5, 5.41) is 3.29. The van der Waals surface area contributed by atoms with E-state index in [4.69, 9.17) is 6.42 Å². The molecule has 1 heterocycles. The Bertz CT molecular complexity index is 315. The van der Waals surface area contributed by atoms with E-state index >= 15 is 0 Å². The minimum absolute atomic E-state index is 0.226. The summed E-state index contributed by atoms with van der Waals surface area (Å²) in [6.07, 6.45) is 9.47. The van der Waals surface area contributed by atoms with Crippen LogP contribution in [-0.2, 0) is 13.6 Å². The van der Waals surface area contributed by atoms with E-state index in [1.54, 1.807) is 0 Å². The summed E-state index contributed by atoms with van der Waals surface area (Å²) in [4.78, 5) is 0. The Kier molecular flexibility index (Phi) is 2.79. The van der Waals surface area contributed by atoms with Crippen LogP contribution in [0.4, 0.5) is 0 Å². The lowest BCUT2D eigenvalue weighted by Gasteiger charge is -2.18. The SMILES string of the molecule is C#CC(C)(C)NCc1ccn(C)c1. The maximum atomic E-state index is 5.36. The van der Waals surface area contributed by atoms with Crippen molar-refractivity contribution in [1.29, 1.82) is 0 Å². The first kappa shape index (κ1) is 9.88. The third-order valence-corrected chi connectivity index (χ3v) is 1.99. The van der Waals surface area contributed by atoms with E-state index < -0.39 is 0 Å². The molecule has 0 aliphatic heterocycles. The quantitative estimate of drug-likeness (QED) is 0.691. The zero-order valence-corrected chi connectivity index (χ0v) is 8.46. The summed E-state index contributed by atoms with van der Waals surface area (Å²) in [5.74, 6) is 2.70. The van der Waals surface area contributed by atoms with Crippen LogP contribution in [0.1, 0.15) is 19.4 Å². The number of nitrogens with one attached hydrogen (secondary N) is 1. The standard InChI is InChI=1S/C11H16N2/c1-5-11(2,3)12-8-10-6-7-13(4)9-10/h1,6-7,9,12H,8H2,2-4H3. The van der Waals surface area contributed by atoms with Crippen LogP contribution < -0.4 is 5.32 Å². The van der Waals surface area contributed by atoms with Gasteiger partial charge in [0.25, 0.3) is 0 Å². The fraction of sp³-hybridized carbons (Fsp3) is 0.455. The molecule has 2 nitrogen and oxygen atoms in total. The van der Waals surface area contributed by atoms with Gasteiger partial charge >= 0.3 is 0 Å². The van der Waals surface area contributed by atoms with Gasteiger partial charge in [-0.2, -0.15) is 0 Å². The summed E-state index contributed by atoms with van der Waals surface area (Å²) in [7, 11) is 2.01. The van der Waals surface area contributed by atoms with Gasteiger partial charge in [-0.05, 0) is 25.5 Å². The van der Waals surface area contributed by atoms with Crippen LogP contribution in [-0.4, -0.2) is 10.1 Å².